The molecule has 2 atom stereocenters. The number of carbonyl (C=O) groups is 1. The molecule has 1 heterocycles. The van der Waals surface area contributed by atoms with Crippen molar-refractivity contribution >= 4 is 11.6 Å². The Morgan fingerprint density at radius 1 is 1.44 bits per heavy atom. The van der Waals surface area contributed by atoms with Crippen LogP contribution in [0.1, 0.15) is 37.4 Å². The monoisotopic (exact) mass is 244 g/mol. The molecular weight excluding hydrogens is 224 g/mol. The van der Waals surface area contributed by atoms with Crippen molar-refractivity contribution in [3.05, 3.63) is 29.3 Å². The number of fused-ring (bicyclic) bond motifs is 1. The van der Waals surface area contributed by atoms with Crippen molar-refractivity contribution < 1.29 is 4.79 Å². The molecular formula is C15H20N2O. The van der Waals surface area contributed by atoms with Crippen LogP contribution < -0.4 is 10.6 Å². The molecule has 1 aromatic carbocycles. The van der Waals surface area contributed by atoms with E-state index in [1.165, 1.54) is 12.0 Å². The Morgan fingerprint density at radius 3 is 2.72 bits per heavy atom. The summed E-state index contributed by atoms with van der Waals surface area (Å²) in [6, 6.07) is 6.33. The number of amides is 1. The van der Waals surface area contributed by atoms with Gasteiger partial charge in [0.2, 0.25) is 5.91 Å². The third-order valence-electron chi connectivity index (χ3n) is 4.59. The highest BCUT2D eigenvalue weighted by Gasteiger charge is 2.49. The molecule has 1 amide bonds. The van der Waals surface area contributed by atoms with E-state index in [2.05, 4.69) is 26.0 Å². The SMILES string of the molecule is CN1C(=O)Cc2cc(C(N)C3CC3(C)C)ccc21. The zero-order chi connectivity index (χ0) is 13.1. The van der Waals surface area contributed by atoms with Gasteiger partial charge in [-0.15, -0.1) is 0 Å². The third-order valence-corrected chi connectivity index (χ3v) is 4.59. The molecule has 1 aliphatic carbocycles. The predicted octanol–water partition coefficient (Wildman–Crippen LogP) is 2.25. The Labute approximate surface area is 108 Å². The lowest BCUT2D eigenvalue weighted by atomic mass is 9.96. The average Bonchev–Trinajstić information content (AvgIpc) is 2.86. The summed E-state index contributed by atoms with van der Waals surface area (Å²) in [5.74, 6) is 0.743. The van der Waals surface area contributed by atoms with E-state index in [-0.39, 0.29) is 11.9 Å². The van der Waals surface area contributed by atoms with Gasteiger partial charge < -0.3 is 10.6 Å². The highest BCUT2D eigenvalue weighted by atomic mass is 16.2. The van der Waals surface area contributed by atoms with E-state index in [0.29, 0.717) is 17.8 Å². The van der Waals surface area contributed by atoms with E-state index in [9.17, 15) is 4.79 Å². The van der Waals surface area contributed by atoms with Crippen molar-refractivity contribution in [3.8, 4) is 0 Å². The quantitative estimate of drug-likeness (QED) is 0.867. The first-order valence-electron chi connectivity index (χ1n) is 6.55. The number of rotatable bonds is 2. The number of likely N-dealkylation sites (N-methyl/N-ethyl adjacent to an activating group) is 1. The lowest BCUT2D eigenvalue weighted by molar-refractivity contribution is -0.117. The van der Waals surface area contributed by atoms with E-state index in [1.807, 2.05) is 13.1 Å². The molecule has 0 spiro atoms. The topological polar surface area (TPSA) is 46.3 Å². The summed E-state index contributed by atoms with van der Waals surface area (Å²) < 4.78 is 0. The van der Waals surface area contributed by atoms with Gasteiger partial charge in [-0.2, -0.15) is 0 Å². The zero-order valence-electron chi connectivity index (χ0n) is 11.2. The van der Waals surface area contributed by atoms with Crippen molar-refractivity contribution in [2.75, 3.05) is 11.9 Å². The van der Waals surface area contributed by atoms with Gasteiger partial charge in [-0.25, -0.2) is 0 Å². The van der Waals surface area contributed by atoms with Gasteiger partial charge in [0, 0.05) is 18.8 Å². The molecule has 18 heavy (non-hydrogen) atoms. The van der Waals surface area contributed by atoms with Crippen molar-refractivity contribution in [1.29, 1.82) is 0 Å². The second-order valence-corrected chi connectivity index (χ2v) is 6.34. The van der Waals surface area contributed by atoms with Crippen LogP contribution in [-0.2, 0) is 11.2 Å². The molecule has 2 unspecified atom stereocenters. The lowest BCUT2D eigenvalue weighted by Crippen LogP contribution is -2.20. The van der Waals surface area contributed by atoms with Crippen LogP contribution in [0, 0.1) is 11.3 Å². The summed E-state index contributed by atoms with van der Waals surface area (Å²) in [7, 11) is 1.83. The van der Waals surface area contributed by atoms with Crippen molar-refractivity contribution in [3.63, 3.8) is 0 Å². The third kappa shape index (κ3) is 1.65. The van der Waals surface area contributed by atoms with E-state index < -0.39 is 0 Å². The Kier molecular flexibility index (Phi) is 2.33. The summed E-state index contributed by atoms with van der Waals surface area (Å²) in [6.45, 7) is 4.53. The smallest absolute Gasteiger partial charge is 0.231 e. The number of nitrogens with zero attached hydrogens (tertiary/aromatic N) is 1. The van der Waals surface area contributed by atoms with Crippen LogP contribution in [0.25, 0.3) is 0 Å². The van der Waals surface area contributed by atoms with Crippen LogP contribution in [0.15, 0.2) is 18.2 Å². The van der Waals surface area contributed by atoms with Crippen LogP contribution >= 0.6 is 0 Å². The van der Waals surface area contributed by atoms with Crippen LogP contribution in [0.5, 0.6) is 0 Å². The molecule has 1 saturated carbocycles. The maximum Gasteiger partial charge on any atom is 0.231 e. The Bertz CT molecular complexity index is 521. The van der Waals surface area contributed by atoms with Crippen LogP contribution in [0.3, 0.4) is 0 Å². The second kappa shape index (κ2) is 3.58. The molecule has 3 nitrogen and oxygen atoms in total. The number of hydrogen-bond donors (Lipinski definition) is 1. The van der Waals surface area contributed by atoms with Crippen molar-refractivity contribution in [1.82, 2.24) is 0 Å². The average molecular weight is 244 g/mol. The predicted molar refractivity (Wildman–Crippen MR) is 72.4 cm³/mol. The largest absolute Gasteiger partial charge is 0.324 e. The van der Waals surface area contributed by atoms with E-state index in [1.54, 1.807) is 4.90 Å². The molecule has 0 saturated heterocycles. The number of anilines is 1. The summed E-state index contributed by atoms with van der Waals surface area (Å²) in [6.07, 6.45) is 1.71. The molecule has 0 radical (unpaired) electrons. The first-order valence-corrected chi connectivity index (χ1v) is 6.55. The molecule has 3 heteroatoms. The Morgan fingerprint density at radius 2 is 2.11 bits per heavy atom. The van der Waals surface area contributed by atoms with Gasteiger partial charge in [0.05, 0.1) is 6.42 Å². The molecule has 0 aromatic heterocycles. The normalized spacial score (nSPS) is 26.1. The fourth-order valence-electron chi connectivity index (χ4n) is 3.05. The number of benzene rings is 1. The maximum atomic E-state index is 11.7. The van der Waals surface area contributed by atoms with Gasteiger partial charge in [-0.3, -0.25) is 4.79 Å². The number of carbonyl (C=O) groups excluding carboxylic acids is 1. The number of hydrogen-bond acceptors (Lipinski definition) is 2. The minimum absolute atomic E-state index is 0.103. The Hall–Kier alpha value is -1.35. The Balaban J connectivity index is 1.88. The summed E-state index contributed by atoms with van der Waals surface area (Å²) in [4.78, 5) is 13.4. The highest BCUT2D eigenvalue weighted by Crippen LogP contribution is 2.57. The van der Waals surface area contributed by atoms with Gasteiger partial charge in [0.25, 0.3) is 0 Å². The summed E-state index contributed by atoms with van der Waals surface area (Å²) in [5.41, 5.74) is 10.0. The molecule has 0 bridgehead atoms. The van der Waals surface area contributed by atoms with E-state index >= 15 is 0 Å². The van der Waals surface area contributed by atoms with E-state index in [4.69, 9.17) is 5.73 Å². The molecule has 96 valence electrons. The molecule has 1 aliphatic heterocycles. The molecule has 2 aliphatic rings. The second-order valence-electron chi connectivity index (χ2n) is 6.34. The van der Waals surface area contributed by atoms with Crippen LogP contribution in [0.4, 0.5) is 5.69 Å². The first-order chi connectivity index (χ1) is 8.40. The fourth-order valence-corrected chi connectivity index (χ4v) is 3.05. The van der Waals surface area contributed by atoms with Gasteiger partial charge in [0.15, 0.2) is 0 Å². The van der Waals surface area contributed by atoms with Gasteiger partial charge >= 0.3 is 0 Å². The maximum absolute atomic E-state index is 11.7. The van der Waals surface area contributed by atoms with Crippen molar-refractivity contribution in [2.45, 2.75) is 32.7 Å². The van der Waals surface area contributed by atoms with Gasteiger partial charge in [0.1, 0.15) is 0 Å². The van der Waals surface area contributed by atoms with Crippen LogP contribution in [0.2, 0.25) is 0 Å². The molecule has 2 N–H and O–H groups in total. The zero-order valence-corrected chi connectivity index (χ0v) is 11.2. The van der Waals surface area contributed by atoms with Gasteiger partial charge in [-0.1, -0.05) is 26.0 Å². The standard InChI is InChI=1S/C15H20N2O/c1-15(2)8-11(15)14(16)9-4-5-12-10(6-9)7-13(18)17(12)3/h4-6,11,14H,7-8,16H2,1-3H3. The fraction of sp³-hybridized carbons (Fsp3) is 0.533. The first kappa shape index (κ1) is 11.7. The summed E-state index contributed by atoms with van der Waals surface area (Å²) in [5, 5.41) is 0. The summed E-state index contributed by atoms with van der Waals surface area (Å²) >= 11 is 0. The molecule has 3 rings (SSSR count). The van der Waals surface area contributed by atoms with Crippen LogP contribution in [-0.4, -0.2) is 13.0 Å². The van der Waals surface area contributed by atoms with E-state index in [0.717, 1.165) is 11.3 Å². The lowest BCUT2D eigenvalue weighted by Gasteiger charge is -2.16. The minimum atomic E-state index is 0.103. The van der Waals surface area contributed by atoms with Gasteiger partial charge in [-0.05, 0) is 34.9 Å². The molecule has 1 aromatic rings. The minimum Gasteiger partial charge on any atom is -0.324 e. The highest BCUT2D eigenvalue weighted by molar-refractivity contribution is 6.00. The molecule has 1 fully saturated rings. The number of nitrogens with two attached hydrogens (primary N) is 1. The van der Waals surface area contributed by atoms with Crippen molar-refractivity contribution in [2.24, 2.45) is 17.1 Å².